The van der Waals surface area contributed by atoms with E-state index in [2.05, 4.69) is 0 Å². The zero-order valence-electron chi connectivity index (χ0n) is 8.79. The van der Waals surface area contributed by atoms with Gasteiger partial charge >= 0.3 is 6.03 Å². The second kappa shape index (κ2) is 3.28. The van der Waals surface area contributed by atoms with Crippen LogP contribution in [0, 0.1) is 0 Å². The molecule has 0 aromatic carbocycles. The molecule has 0 radical (unpaired) electrons. The molecule has 2 amide bonds. The summed E-state index contributed by atoms with van der Waals surface area (Å²) in [6.45, 7) is 1.58. The minimum absolute atomic E-state index is 0.105. The first-order valence-electron chi connectivity index (χ1n) is 4.99. The highest BCUT2D eigenvalue weighted by Gasteiger charge is 2.31. The minimum Gasteiger partial charge on any atom is -0.331 e. The summed E-state index contributed by atoms with van der Waals surface area (Å²) < 4.78 is 0. The van der Waals surface area contributed by atoms with E-state index in [9.17, 15) is 4.79 Å². The largest absolute Gasteiger partial charge is 0.331 e. The second-order valence-corrected chi connectivity index (χ2v) is 4.41. The molecule has 0 fully saturated rings. The van der Waals surface area contributed by atoms with Crippen LogP contribution in [0.3, 0.4) is 0 Å². The maximum atomic E-state index is 11.7. The third-order valence-corrected chi connectivity index (χ3v) is 2.93. The predicted molar refractivity (Wildman–Crippen MR) is 54.9 cm³/mol. The molecule has 0 saturated carbocycles. The number of urea groups is 1. The third kappa shape index (κ3) is 1.50. The Morgan fingerprint density at radius 2 is 1.86 bits per heavy atom. The molecule has 0 spiro atoms. The minimum atomic E-state index is 0.105. The maximum Gasteiger partial charge on any atom is 0.320 e. The molecule has 4 nitrogen and oxygen atoms in total. The average Bonchev–Trinajstić information content (AvgIpc) is 2.59. The smallest absolute Gasteiger partial charge is 0.320 e. The van der Waals surface area contributed by atoms with E-state index in [1.165, 1.54) is 11.1 Å². The first-order valence-corrected chi connectivity index (χ1v) is 4.99. The molecule has 78 valence electrons. The molecule has 0 aromatic heterocycles. The van der Waals surface area contributed by atoms with Crippen molar-refractivity contribution < 1.29 is 4.79 Å². The number of nitrogens with two attached hydrogens (primary N) is 1. The molecule has 0 unspecified atom stereocenters. The Kier molecular flexibility index (Phi) is 2.23. The summed E-state index contributed by atoms with van der Waals surface area (Å²) in [5.41, 5.74) is 8.64. The van der Waals surface area contributed by atoms with Crippen LogP contribution < -0.4 is 5.73 Å². The summed E-state index contributed by atoms with van der Waals surface area (Å²) >= 11 is 0. The summed E-state index contributed by atoms with van der Waals surface area (Å²) in [5, 5.41) is 0. The van der Waals surface area contributed by atoms with Gasteiger partial charge in [0, 0.05) is 33.2 Å². The fourth-order valence-electron chi connectivity index (χ4n) is 2.28. The van der Waals surface area contributed by atoms with Crippen molar-refractivity contribution >= 4 is 6.03 Å². The van der Waals surface area contributed by atoms with Crippen molar-refractivity contribution in [3.63, 3.8) is 0 Å². The Labute approximate surface area is 84.3 Å². The van der Waals surface area contributed by atoms with Crippen LogP contribution in [-0.2, 0) is 0 Å². The molecule has 0 saturated heterocycles. The van der Waals surface area contributed by atoms with Crippen molar-refractivity contribution in [2.24, 2.45) is 5.73 Å². The number of hydrogen-bond donors (Lipinski definition) is 1. The average molecular weight is 195 g/mol. The number of carbonyl (C=O) groups excluding carboxylic acids is 1. The molecule has 0 atom stereocenters. The highest BCUT2D eigenvalue weighted by molar-refractivity contribution is 5.75. The van der Waals surface area contributed by atoms with E-state index >= 15 is 0 Å². The normalized spacial score (nSPS) is 21.8. The zero-order valence-corrected chi connectivity index (χ0v) is 8.79. The van der Waals surface area contributed by atoms with Crippen LogP contribution in [-0.4, -0.2) is 49.1 Å². The molecular weight excluding hydrogens is 178 g/mol. The Bertz CT molecular complexity index is 278. The van der Waals surface area contributed by atoms with E-state index in [-0.39, 0.29) is 6.03 Å². The van der Waals surface area contributed by atoms with E-state index in [4.69, 9.17) is 5.73 Å². The van der Waals surface area contributed by atoms with E-state index in [0.717, 1.165) is 25.9 Å². The quantitative estimate of drug-likeness (QED) is 0.569. The first kappa shape index (κ1) is 9.52. The van der Waals surface area contributed by atoms with Gasteiger partial charge in [-0.25, -0.2) is 4.79 Å². The molecule has 1 aliphatic heterocycles. The molecule has 1 aliphatic carbocycles. The number of hydrogen-bond acceptors (Lipinski definition) is 2. The van der Waals surface area contributed by atoms with Crippen LogP contribution in [0.15, 0.2) is 11.1 Å². The van der Waals surface area contributed by atoms with Gasteiger partial charge in [-0.15, -0.1) is 0 Å². The van der Waals surface area contributed by atoms with Gasteiger partial charge in [0.2, 0.25) is 0 Å². The Hall–Kier alpha value is -1.03. The molecule has 2 rings (SSSR count). The van der Waals surface area contributed by atoms with E-state index < -0.39 is 0 Å². The van der Waals surface area contributed by atoms with Crippen LogP contribution in [0.2, 0.25) is 0 Å². The lowest BCUT2D eigenvalue weighted by atomic mass is 10.2. The third-order valence-electron chi connectivity index (χ3n) is 2.93. The fourth-order valence-corrected chi connectivity index (χ4v) is 2.28. The van der Waals surface area contributed by atoms with Crippen molar-refractivity contribution in [1.82, 2.24) is 9.80 Å². The highest BCUT2D eigenvalue weighted by Crippen LogP contribution is 2.31. The van der Waals surface area contributed by atoms with Gasteiger partial charge in [0.25, 0.3) is 0 Å². The number of amides is 2. The standard InChI is InChI=1S/C10H17N3O/c1-12(2)10(14)13-5-7-3-9(11)4-8(7)6-13/h9H,3-6,11H2,1-2H3. The number of rotatable bonds is 0. The Morgan fingerprint density at radius 3 is 2.29 bits per heavy atom. The van der Waals surface area contributed by atoms with Crippen molar-refractivity contribution in [2.45, 2.75) is 18.9 Å². The lowest BCUT2D eigenvalue weighted by molar-refractivity contribution is 0.181. The molecule has 0 aromatic rings. The molecular formula is C10H17N3O. The monoisotopic (exact) mass is 195 g/mol. The van der Waals surface area contributed by atoms with Crippen molar-refractivity contribution in [3.05, 3.63) is 11.1 Å². The lowest BCUT2D eigenvalue weighted by Gasteiger charge is -2.23. The molecule has 14 heavy (non-hydrogen) atoms. The topological polar surface area (TPSA) is 49.6 Å². The second-order valence-electron chi connectivity index (χ2n) is 4.41. The molecule has 1 heterocycles. The summed E-state index contributed by atoms with van der Waals surface area (Å²) in [5.74, 6) is 0. The van der Waals surface area contributed by atoms with Gasteiger partial charge in [-0.05, 0) is 24.0 Å². The van der Waals surface area contributed by atoms with Crippen LogP contribution in [0.4, 0.5) is 4.79 Å². The van der Waals surface area contributed by atoms with Gasteiger partial charge in [0.1, 0.15) is 0 Å². The first-order chi connectivity index (χ1) is 6.58. The molecule has 2 aliphatic rings. The van der Waals surface area contributed by atoms with Gasteiger partial charge in [0.15, 0.2) is 0 Å². The van der Waals surface area contributed by atoms with Crippen LogP contribution in [0.5, 0.6) is 0 Å². The van der Waals surface area contributed by atoms with E-state index in [0.29, 0.717) is 6.04 Å². The zero-order chi connectivity index (χ0) is 10.3. The van der Waals surface area contributed by atoms with E-state index in [1.54, 1.807) is 19.0 Å². The molecule has 0 bridgehead atoms. The Morgan fingerprint density at radius 1 is 1.36 bits per heavy atom. The summed E-state index contributed by atoms with van der Waals surface area (Å²) in [4.78, 5) is 15.2. The van der Waals surface area contributed by atoms with Gasteiger partial charge in [-0.3, -0.25) is 0 Å². The van der Waals surface area contributed by atoms with Gasteiger partial charge in [-0.2, -0.15) is 0 Å². The molecule has 2 N–H and O–H groups in total. The number of carbonyl (C=O) groups is 1. The summed E-state index contributed by atoms with van der Waals surface area (Å²) in [6, 6.07) is 0.407. The fraction of sp³-hybridized carbons (Fsp3) is 0.700. The van der Waals surface area contributed by atoms with Crippen molar-refractivity contribution in [1.29, 1.82) is 0 Å². The van der Waals surface area contributed by atoms with Gasteiger partial charge in [-0.1, -0.05) is 0 Å². The number of likely N-dealkylation sites (tertiary alicyclic amines) is 1. The van der Waals surface area contributed by atoms with Gasteiger partial charge < -0.3 is 15.5 Å². The Balaban J connectivity index is 1.98. The van der Waals surface area contributed by atoms with Gasteiger partial charge in [0.05, 0.1) is 0 Å². The van der Waals surface area contributed by atoms with Crippen LogP contribution in [0.25, 0.3) is 0 Å². The van der Waals surface area contributed by atoms with Crippen LogP contribution >= 0.6 is 0 Å². The highest BCUT2D eigenvalue weighted by atomic mass is 16.2. The summed E-state index contributed by atoms with van der Waals surface area (Å²) in [6.07, 6.45) is 1.96. The summed E-state index contributed by atoms with van der Waals surface area (Å²) in [7, 11) is 3.58. The SMILES string of the molecule is CN(C)C(=O)N1CC2=C(CC(N)C2)C1. The molecule has 4 heteroatoms. The number of nitrogens with zero attached hydrogens (tertiary/aromatic N) is 2. The lowest BCUT2D eigenvalue weighted by Crippen LogP contribution is -2.39. The maximum absolute atomic E-state index is 11.7. The predicted octanol–water partition coefficient (Wildman–Crippen LogP) is 0.401. The van der Waals surface area contributed by atoms with E-state index in [1.807, 2.05) is 4.90 Å². The van der Waals surface area contributed by atoms with Crippen molar-refractivity contribution in [2.75, 3.05) is 27.2 Å². The van der Waals surface area contributed by atoms with Crippen molar-refractivity contribution in [3.8, 4) is 0 Å². The van der Waals surface area contributed by atoms with Crippen LogP contribution in [0.1, 0.15) is 12.8 Å².